The molecule has 20 heavy (non-hydrogen) atoms. The minimum absolute atomic E-state index is 0.629. The summed E-state index contributed by atoms with van der Waals surface area (Å²) in [7, 11) is 3.65. The lowest BCUT2D eigenvalue weighted by molar-refractivity contribution is -0.0777. The Morgan fingerprint density at radius 3 is 2.75 bits per heavy atom. The summed E-state index contributed by atoms with van der Waals surface area (Å²) in [5.41, 5.74) is 6.87. The fourth-order valence-corrected chi connectivity index (χ4v) is 2.65. The van der Waals surface area contributed by atoms with Gasteiger partial charge in [-0.05, 0) is 13.1 Å². The van der Waals surface area contributed by atoms with E-state index >= 15 is 0 Å². The number of likely N-dealkylation sites (N-methyl/N-ethyl adjacent to an activating group) is 1. The molecule has 0 unspecified atom stereocenters. The van der Waals surface area contributed by atoms with E-state index in [1.54, 1.807) is 7.11 Å². The number of aliphatic hydroxyl groups is 1. The van der Waals surface area contributed by atoms with Crippen molar-refractivity contribution in [2.75, 3.05) is 39.6 Å². The van der Waals surface area contributed by atoms with Gasteiger partial charge in [-0.25, -0.2) is 0 Å². The molecule has 0 saturated carbocycles. The molecule has 0 atom stereocenters. The quantitative estimate of drug-likeness (QED) is 0.795. The summed E-state index contributed by atoms with van der Waals surface area (Å²) >= 11 is 0. The van der Waals surface area contributed by atoms with Gasteiger partial charge in [-0.15, -0.1) is 0 Å². The van der Waals surface area contributed by atoms with Crippen molar-refractivity contribution in [3.8, 4) is 5.75 Å². The Morgan fingerprint density at radius 2 is 2.10 bits per heavy atom. The van der Waals surface area contributed by atoms with Crippen LogP contribution in [0, 0.1) is 0 Å². The second-order valence-electron chi connectivity index (χ2n) is 5.58. The highest BCUT2D eigenvalue weighted by molar-refractivity contribution is 5.48. The van der Waals surface area contributed by atoms with E-state index in [1.807, 2.05) is 25.2 Å². The molecule has 1 fully saturated rings. The molecular weight excluding hydrogens is 256 g/mol. The van der Waals surface area contributed by atoms with Crippen molar-refractivity contribution < 1.29 is 14.6 Å². The topological polar surface area (TPSA) is 68.0 Å². The lowest BCUT2D eigenvalue weighted by atomic mass is 9.94. The number of methoxy groups -OCH3 is 1. The summed E-state index contributed by atoms with van der Waals surface area (Å²) < 4.78 is 10.7. The standard InChI is InChI=1S/C15H24N2O3/c1-17(11-15(18)5-7-20-8-6-15)10-12-3-4-13(16)9-14(12)19-2/h3-4,9,18H,5-8,10-11,16H2,1-2H3. The van der Waals surface area contributed by atoms with Crippen molar-refractivity contribution in [1.29, 1.82) is 0 Å². The van der Waals surface area contributed by atoms with Crippen LogP contribution in [0.25, 0.3) is 0 Å². The molecule has 0 aromatic heterocycles. The molecule has 1 aliphatic rings. The third-order valence-corrected chi connectivity index (χ3v) is 3.74. The molecule has 1 aromatic rings. The van der Waals surface area contributed by atoms with Crippen LogP contribution >= 0.6 is 0 Å². The maximum Gasteiger partial charge on any atom is 0.125 e. The van der Waals surface area contributed by atoms with Crippen LogP contribution in [0.15, 0.2) is 18.2 Å². The predicted octanol–water partition coefficient (Wildman–Crippen LogP) is 1.25. The van der Waals surface area contributed by atoms with E-state index in [1.165, 1.54) is 0 Å². The van der Waals surface area contributed by atoms with E-state index < -0.39 is 5.60 Å². The van der Waals surface area contributed by atoms with Crippen LogP contribution in [-0.2, 0) is 11.3 Å². The lowest BCUT2D eigenvalue weighted by Crippen LogP contribution is -2.45. The van der Waals surface area contributed by atoms with E-state index in [0.29, 0.717) is 44.8 Å². The Hall–Kier alpha value is -1.30. The van der Waals surface area contributed by atoms with Crippen LogP contribution in [0.5, 0.6) is 5.75 Å². The predicted molar refractivity (Wildman–Crippen MR) is 78.7 cm³/mol. The number of rotatable bonds is 5. The largest absolute Gasteiger partial charge is 0.496 e. The number of nitrogen functional groups attached to an aromatic ring is 1. The highest BCUT2D eigenvalue weighted by atomic mass is 16.5. The first-order chi connectivity index (χ1) is 9.52. The highest BCUT2D eigenvalue weighted by Crippen LogP contribution is 2.25. The molecule has 2 rings (SSSR count). The molecule has 5 heteroatoms. The summed E-state index contributed by atoms with van der Waals surface area (Å²) in [4.78, 5) is 2.11. The fourth-order valence-electron chi connectivity index (χ4n) is 2.65. The smallest absolute Gasteiger partial charge is 0.125 e. The van der Waals surface area contributed by atoms with Gasteiger partial charge in [0.05, 0.1) is 12.7 Å². The summed E-state index contributed by atoms with van der Waals surface area (Å²) in [6, 6.07) is 5.67. The second-order valence-corrected chi connectivity index (χ2v) is 5.58. The molecule has 1 aliphatic heterocycles. The number of hydrogen-bond donors (Lipinski definition) is 2. The van der Waals surface area contributed by atoms with Crippen molar-refractivity contribution in [1.82, 2.24) is 4.90 Å². The zero-order chi connectivity index (χ0) is 14.6. The SMILES string of the molecule is COc1cc(N)ccc1CN(C)CC1(O)CCOCC1. The number of anilines is 1. The summed E-state index contributed by atoms with van der Waals surface area (Å²) in [5, 5.41) is 10.5. The molecule has 0 amide bonds. The molecule has 0 bridgehead atoms. The molecule has 3 N–H and O–H groups in total. The molecule has 0 radical (unpaired) electrons. The van der Waals surface area contributed by atoms with E-state index in [0.717, 1.165) is 11.3 Å². The van der Waals surface area contributed by atoms with Gasteiger partial charge in [-0.1, -0.05) is 6.07 Å². The number of benzene rings is 1. The zero-order valence-electron chi connectivity index (χ0n) is 12.3. The maximum atomic E-state index is 10.5. The lowest BCUT2D eigenvalue weighted by Gasteiger charge is -2.35. The Labute approximate surface area is 120 Å². The van der Waals surface area contributed by atoms with Gasteiger partial charge in [0.15, 0.2) is 0 Å². The van der Waals surface area contributed by atoms with Crippen LogP contribution in [0.3, 0.4) is 0 Å². The molecular formula is C15H24N2O3. The average molecular weight is 280 g/mol. The Morgan fingerprint density at radius 1 is 1.40 bits per heavy atom. The van der Waals surface area contributed by atoms with Crippen molar-refractivity contribution >= 4 is 5.69 Å². The molecule has 0 aliphatic carbocycles. The third kappa shape index (κ3) is 3.85. The maximum absolute atomic E-state index is 10.5. The molecule has 0 spiro atoms. The first-order valence-corrected chi connectivity index (χ1v) is 6.93. The van der Waals surface area contributed by atoms with Crippen molar-refractivity contribution in [3.63, 3.8) is 0 Å². The number of ether oxygens (including phenoxy) is 2. The second kappa shape index (κ2) is 6.43. The van der Waals surface area contributed by atoms with Gasteiger partial charge in [0.2, 0.25) is 0 Å². The first kappa shape index (κ1) is 15.1. The van der Waals surface area contributed by atoms with Gasteiger partial charge in [0, 0.05) is 56.5 Å². The van der Waals surface area contributed by atoms with Crippen molar-refractivity contribution in [2.24, 2.45) is 0 Å². The summed E-state index contributed by atoms with van der Waals surface area (Å²) in [6.45, 7) is 2.61. The molecule has 1 heterocycles. The van der Waals surface area contributed by atoms with E-state index in [2.05, 4.69) is 4.90 Å². The number of hydrogen-bond acceptors (Lipinski definition) is 5. The third-order valence-electron chi connectivity index (χ3n) is 3.74. The normalized spacial score (nSPS) is 18.2. The van der Waals surface area contributed by atoms with Crippen LogP contribution in [0.2, 0.25) is 0 Å². The minimum Gasteiger partial charge on any atom is -0.496 e. The van der Waals surface area contributed by atoms with Crippen LogP contribution in [0.4, 0.5) is 5.69 Å². The molecule has 1 saturated heterocycles. The van der Waals surface area contributed by atoms with Gasteiger partial charge in [0.25, 0.3) is 0 Å². The van der Waals surface area contributed by atoms with Gasteiger partial charge in [-0.3, -0.25) is 4.90 Å². The monoisotopic (exact) mass is 280 g/mol. The van der Waals surface area contributed by atoms with Gasteiger partial charge in [-0.2, -0.15) is 0 Å². The van der Waals surface area contributed by atoms with Crippen molar-refractivity contribution in [3.05, 3.63) is 23.8 Å². The first-order valence-electron chi connectivity index (χ1n) is 6.93. The molecule has 1 aromatic carbocycles. The summed E-state index contributed by atoms with van der Waals surface area (Å²) in [5.74, 6) is 0.788. The fraction of sp³-hybridized carbons (Fsp3) is 0.600. The zero-order valence-corrected chi connectivity index (χ0v) is 12.3. The Kier molecular flexibility index (Phi) is 4.86. The van der Waals surface area contributed by atoms with E-state index in [4.69, 9.17) is 15.2 Å². The van der Waals surface area contributed by atoms with Crippen LogP contribution in [0.1, 0.15) is 18.4 Å². The van der Waals surface area contributed by atoms with Crippen LogP contribution < -0.4 is 10.5 Å². The van der Waals surface area contributed by atoms with E-state index in [9.17, 15) is 5.11 Å². The van der Waals surface area contributed by atoms with Gasteiger partial charge < -0.3 is 20.3 Å². The number of nitrogens with two attached hydrogens (primary N) is 1. The van der Waals surface area contributed by atoms with E-state index in [-0.39, 0.29) is 0 Å². The molecule has 112 valence electrons. The van der Waals surface area contributed by atoms with Gasteiger partial charge in [0.1, 0.15) is 5.75 Å². The highest BCUT2D eigenvalue weighted by Gasteiger charge is 2.31. The van der Waals surface area contributed by atoms with Crippen LogP contribution in [-0.4, -0.2) is 49.5 Å². The van der Waals surface area contributed by atoms with Gasteiger partial charge >= 0.3 is 0 Å². The minimum atomic E-state index is -0.645. The average Bonchev–Trinajstić information content (AvgIpc) is 2.41. The Balaban J connectivity index is 1.98. The van der Waals surface area contributed by atoms with Crippen molar-refractivity contribution in [2.45, 2.75) is 25.0 Å². The number of nitrogens with zero attached hydrogens (tertiary/aromatic N) is 1. The Bertz CT molecular complexity index is 445. The molecule has 5 nitrogen and oxygen atoms in total. The summed E-state index contributed by atoms with van der Waals surface area (Å²) in [6.07, 6.45) is 1.38.